The molecule has 0 radical (unpaired) electrons. The summed E-state index contributed by atoms with van der Waals surface area (Å²) in [6, 6.07) is 3.27. The summed E-state index contributed by atoms with van der Waals surface area (Å²) >= 11 is 6.82. The second kappa shape index (κ2) is 4.18. The number of rotatable bonds is 4. The topological polar surface area (TPSA) is 46.2 Å². The Labute approximate surface area is 93.1 Å². The SMILES string of the molecule is CC(C)(CCl)NS(=O)(=O)c1cccs1. The lowest BCUT2D eigenvalue weighted by Crippen LogP contribution is -2.44. The van der Waals surface area contributed by atoms with Crippen LogP contribution in [0, 0.1) is 0 Å². The van der Waals surface area contributed by atoms with Gasteiger partial charge in [-0.15, -0.1) is 22.9 Å². The van der Waals surface area contributed by atoms with E-state index in [1.807, 2.05) is 0 Å². The standard InChI is InChI=1S/C8H12ClNO2S2/c1-8(2,6-9)10-14(11,12)7-4-3-5-13-7/h3-5,10H,6H2,1-2H3. The van der Waals surface area contributed by atoms with E-state index < -0.39 is 15.6 Å². The fraction of sp³-hybridized carbons (Fsp3) is 0.500. The minimum absolute atomic E-state index is 0.234. The first kappa shape index (κ1) is 12.0. The van der Waals surface area contributed by atoms with Crippen molar-refractivity contribution in [3.63, 3.8) is 0 Å². The molecule has 1 rings (SSSR count). The van der Waals surface area contributed by atoms with Gasteiger partial charge in [-0.25, -0.2) is 13.1 Å². The number of nitrogens with one attached hydrogen (secondary N) is 1. The van der Waals surface area contributed by atoms with Gasteiger partial charge in [0, 0.05) is 11.4 Å². The predicted octanol–water partition coefficient (Wildman–Crippen LogP) is 2.04. The molecule has 0 unspecified atom stereocenters. The fourth-order valence-electron chi connectivity index (χ4n) is 0.858. The van der Waals surface area contributed by atoms with Crippen molar-refractivity contribution in [3.05, 3.63) is 17.5 Å². The highest BCUT2D eigenvalue weighted by molar-refractivity contribution is 7.91. The summed E-state index contributed by atoms with van der Waals surface area (Å²) in [5.41, 5.74) is -0.621. The van der Waals surface area contributed by atoms with E-state index in [0.717, 1.165) is 0 Å². The normalized spacial score (nSPS) is 13.1. The molecule has 1 aromatic heterocycles. The van der Waals surface area contributed by atoms with Gasteiger partial charge in [-0.05, 0) is 25.3 Å². The lowest BCUT2D eigenvalue weighted by molar-refractivity contribution is 0.497. The monoisotopic (exact) mass is 253 g/mol. The van der Waals surface area contributed by atoms with Gasteiger partial charge in [0.05, 0.1) is 0 Å². The highest BCUT2D eigenvalue weighted by Gasteiger charge is 2.25. The summed E-state index contributed by atoms with van der Waals surface area (Å²) in [6.45, 7) is 3.48. The first-order valence-electron chi connectivity index (χ1n) is 4.01. The molecule has 14 heavy (non-hydrogen) atoms. The highest BCUT2D eigenvalue weighted by Crippen LogP contribution is 2.18. The maximum Gasteiger partial charge on any atom is 0.250 e. The van der Waals surface area contributed by atoms with Gasteiger partial charge in [0.2, 0.25) is 0 Å². The summed E-state index contributed by atoms with van der Waals surface area (Å²) < 4.78 is 26.3. The van der Waals surface area contributed by atoms with Gasteiger partial charge in [0.25, 0.3) is 10.0 Å². The number of hydrogen-bond donors (Lipinski definition) is 1. The molecular weight excluding hydrogens is 242 g/mol. The van der Waals surface area contributed by atoms with Crippen molar-refractivity contribution >= 4 is 33.0 Å². The zero-order valence-corrected chi connectivity index (χ0v) is 10.3. The van der Waals surface area contributed by atoms with Crippen molar-refractivity contribution in [2.45, 2.75) is 23.6 Å². The molecule has 0 atom stereocenters. The van der Waals surface area contributed by atoms with Crippen LogP contribution >= 0.6 is 22.9 Å². The second-order valence-corrected chi connectivity index (χ2v) is 6.68. The quantitative estimate of drug-likeness (QED) is 0.835. The largest absolute Gasteiger partial charge is 0.250 e. The average Bonchev–Trinajstić information content (AvgIpc) is 2.54. The van der Waals surface area contributed by atoms with Crippen LogP contribution < -0.4 is 4.72 Å². The van der Waals surface area contributed by atoms with Crippen LogP contribution in [0.1, 0.15) is 13.8 Å². The van der Waals surface area contributed by atoms with Gasteiger partial charge >= 0.3 is 0 Å². The molecule has 1 N–H and O–H groups in total. The van der Waals surface area contributed by atoms with Crippen molar-refractivity contribution in [1.82, 2.24) is 4.72 Å². The molecule has 0 saturated heterocycles. The summed E-state index contributed by atoms with van der Waals surface area (Å²) in [7, 11) is -3.40. The van der Waals surface area contributed by atoms with E-state index in [0.29, 0.717) is 4.21 Å². The van der Waals surface area contributed by atoms with Crippen LogP contribution in [0.25, 0.3) is 0 Å². The molecule has 0 aliphatic heterocycles. The van der Waals surface area contributed by atoms with E-state index in [4.69, 9.17) is 11.6 Å². The van der Waals surface area contributed by atoms with Crippen LogP contribution in [0.5, 0.6) is 0 Å². The van der Waals surface area contributed by atoms with E-state index in [1.165, 1.54) is 11.3 Å². The third kappa shape index (κ3) is 2.95. The Morgan fingerprint density at radius 2 is 2.21 bits per heavy atom. The molecule has 0 bridgehead atoms. The van der Waals surface area contributed by atoms with Crippen molar-refractivity contribution in [1.29, 1.82) is 0 Å². The Morgan fingerprint density at radius 1 is 1.57 bits per heavy atom. The molecule has 1 aromatic rings. The maximum atomic E-state index is 11.7. The molecule has 1 heterocycles. The number of thiophene rings is 1. The van der Waals surface area contributed by atoms with Crippen LogP contribution in [0.15, 0.2) is 21.7 Å². The Hall–Kier alpha value is -0.100. The van der Waals surface area contributed by atoms with E-state index in [2.05, 4.69) is 4.72 Å². The molecule has 0 saturated carbocycles. The van der Waals surface area contributed by atoms with Gasteiger partial charge < -0.3 is 0 Å². The third-order valence-electron chi connectivity index (χ3n) is 1.50. The van der Waals surface area contributed by atoms with Crippen LogP contribution in [0.2, 0.25) is 0 Å². The first-order valence-corrected chi connectivity index (χ1v) is 6.90. The number of sulfonamides is 1. The molecule has 80 valence electrons. The number of halogens is 1. The van der Waals surface area contributed by atoms with Crippen molar-refractivity contribution in [3.8, 4) is 0 Å². The van der Waals surface area contributed by atoms with Crippen LogP contribution in [0.3, 0.4) is 0 Å². The average molecular weight is 254 g/mol. The molecular formula is C8H12ClNO2S2. The molecule has 0 aliphatic carbocycles. The van der Waals surface area contributed by atoms with E-state index >= 15 is 0 Å². The molecule has 0 amide bonds. The van der Waals surface area contributed by atoms with Crippen LogP contribution in [0.4, 0.5) is 0 Å². The van der Waals surface area contributed by atoms with Gasteiger partial charge in [-0.3, -0.25) is 0 Å². The molecule has 0 aliphatic rings. The summed E-state index contributed by atoms with van der Waals surface area (Å²) in [6.07, 6.45) is 0. The predicted molar refractivity (Wildman–Crippen MR) is 59.4 cm³/mol. The summed E-state index contributed by atoms with van der Waals surface area (Å²) in [5, 5.41) is 1.72. The number of hydrogen-bond acceptors (Lipinski definition) is 3. The minimum atomic E-state index is -3.40. The molecule has 0 spiro atoms. The van der Waals surface area contributed by atoms with Gasteiger partial charge in [0.15, 0.2) is 0 Å². The lowest BCUT2D eigenvalue weighted by Gasteiger charge is -2.22. The van der Waals surface area contributed by atoms with E-state index in [9.17, 15) is 8.42 Å². The Balaban J connectivity index is 2.89. The van der Waals surface area contributed by atoms with Crippen molar-refractivity contribution in [2.24, 2.45) is 0 Å². The lowest BCUT2D eigenvalue weighted by atomic mass is 10.1. The van der Waals surface area contributed by atoms with E-state index in [-0.39, 0.29) is 5.88 Å². The minimum Gasteiger partial charge on any atom is -0.206 e. The van der Waals surface area contributed by atoms with Crippen LogP contribution in [-0.4, -0.2) is 19.8 Å². The zero-order chi connectivity index (χ0) is 10.8. The van der Waals surface area contributed by atoms with Crippen molar-refractivity contribution in [2.75, 3.05) is 5.88 Å². The zero-order valence-electron chi connectivity index (χ0n) is 7.95. The Bertz CT molecular complexity index is 383. The smallest absolute Gasteiger partial charge is 0.206 e. The van der Waals surface area contributed by atoms with Crippen LogP contribution in [-0.2, 0) is 10.0 Å². The van der Waals surface area contributed by atoms with Gasteiger partial charge in [0.1, 0.15) is 4.21 Å². The second-order valence-electron chi connectivity index (χ2n) is 3.56. The van der Waals surface area contributed by atoms with Gasteiger partial charge in [-0.2, -0.15) is 0 Å². The summed E-state index contributed by atoms with van der Waals surface area (Å²) in [4.78, 5) is 0. The number of alkyl halides is 1. The fourth-order valence-corrected chi connectivity index (χ4v) is 3.41. The third-order valence-corrected chi connectivity index (χ3v) is 5.27. The highest BCUT2D eigenvalue weighted by atomic mass is 35.5. The first-order chi connectivity index (χ1) is 6.37. The Kier molecular flexibility index (Phi) is 3.58. The van der Waals surface area contributed by atoms with Crippen molar-refractivity contribution < 1.29 is 8.42 Å². The molecule has 6 heteroatoms. The molecule has 0 aromatic carbocycles. The van der Waals surface area contributed by atoms with E-state index in [1.54, 1.807) is 31.4 Å². The Morgan fingerprint density at radius 3 is 2.64 bits per heavy atom. The maximum absolute atomic E-state index is 11.7. The summed E-state index contributed by atoms with van der Waals surface area (Å²) in [5.74, 6) is 0.234. The molecule has 3 nitrogen and oxygen atoms in total. The molecule has 0 fully saturated rings. The van der Waals surface area contributed by atoms with Gasteiger partial charge in [-0.1, -0.05) is 6.07 Å².